The highest BCUT2D eigenvalue weighted by molar-refractivity contribution is 5.59. The molecule has 132 valence electrons. The lowest BCUT2D eigenvalue weighted by molar-refractivity contribution is -0.0983. The maximum atomic E-state index is 10.5. The molecule has 2 N–H and O–H groups in total. The van der Waals surface area contributed by atoms with Crippen molar-refractivity contribution in [3.8, 4) is 11.5 Å². The zero-order chi connectivity index (χ0) is 17.5. The van der Waals surface area contributed by atoms with Gasteiger partial charge in [0, 0.05) is 5.56 Å². The van der Waals surface area contributed by atoms with Crippen molar-refractivity contribution < 1.29 is 10.2 Å². The number of hydrogen-bond donors (Lipinski definition) is 2. The lowest BCUT2D eigenvalue weighted by Gasteiger charge is -2.61. The Bertz CT molecular complexity index is 704. The summed E-state index contributed by atoms with van der Waals surface area (Å²) in [6.07, 6.45) is 7.39. The third kappa shape index (κ3) is 1.83. The quantitative estimate of drug-likeness (QED) is 0.621. The standard InChI is InChI=1S/C22H32O2/c1-13-11-15(23)19(24)14-12-17-21(4)9-6-8-20(2,3)16(21)7-10-22(17,5)18(13)14/h11,16-17,23-24H,6-10,12H2,1-5H3. The largest absolute Gasteiger partial charge is 0.504 e. The topological polar surface area (TPSA) is 40.5 Å². The van der Waals surface area contributed by atoms with Gasteiger partial charge in [0.05, 0.1) is 0 Å². The molecule has 0 aliphatic heterocycles. The van der Waals surface area contributed by atoms with E-state index in [9.17, 15) is 10.2 Å². The SMILES string of the molecule is Cc1cc(O)c(O)c2c1C1(C)CCC3C(C)(C)CCCC3(C)C1C2. The Morgan fingerprint density at radius 3 is 2.42 bits per heavy atom. The third-order valence-electron chi connectivity index (χ3n) is 8.35. The summed E-state index contributed by atoms with van der Waals surface area (Å²) in [5.74, 6) is 1.53. The molecule has 0 bridgehead atoms. The van der Waals surface area contributed by atoms with Gasteiger partial charge in [-0.3, -0.25) is 0 Å². The number of rotatable bonds is 0. The Balaban J connectivity index is 1.87. The molecule has 2 saturated carbocycles. The van der Waals surface area contributed by atoms with E-state index in [0.717, 1.165) is 23.5 Å². The van der Waals surface area contributed by atoms with E-state index in [0.29, 0.717) is 16.7 Å². The Labute approximate surface area is 146 Å². The maximum absolute atomic E-state index is 10.5. The van der Waals surface area contributed by atoms with Gasteiger partial charge in [0.2, 0.25) is 0 Å². The molecule has 4 unspecified atom stereocenters. The first-order chi connectivity index (χ1) is 11.1. The van der Waals surface area contributed by atoms with E-state index in [2.05, 4.69) is 34.6 Å². The average Bonchev–Trinajstić information content (AvgIpc) is 2.79. The van der Waals surface area contributed by atoms with Crippen molar-refractivity contribution in [2.24, 2.45) is 22.7 Å². The lowest BCUT2D eigenvalue weighted by atomic mass is 9.43. The molecule has 0 spiro atoms. The molecule has 2 heteroatoms. The Morgan fingerprint density at radius 2 is 1.71 bits per heavy atom. The normalized spacial score (nSPS) is 39.9. The second-order valence-corrected chi connectivity index (χ2v) is 10.0. The predicted octanol–water partition coefficient (Wildman–Crippen LogP) is 5.46. The number of aryl methyl sites for hydroxylation is 1. The number of fused-ring (bicyclic) bond motifs is 5. The van der Waals surface area contributed by atoms with Gasteiger partial charge in [-0.25, -0.2) is 0 Å². The highest BCUT2D eigenvalue weighted by atomic mass is 16.3. The van der Waals surface area contributed by atoms with Crippen LogP contribution < -0.4 is 0 Å². The molecule has 0 aromatic heterocycles. The van der Waals surface area contributed by atoms with Crippen molar-refractivity contribution in [1.82, 2.24) is 0 Å². The molecular weight excluding hydrogens is 296 g/mol. The first-order valence-corrected chi connectivity index (χ1v) is 9.66. The van der Waals surface area contributed by atoms with Crippen LogP contribution in [0.3, 0.4) is 0 Å². The fourth-order valence-electron chi connectivity index (χ4n) is 7.46. The van der Waals surface area contributed by atoms with E-state index < -0.39 is 0 Å². The summed E-state index contributed by atoms with van der Waals surface area (Å²) in [6, 6.07) is 1.76. The summed E-state index contributed by atoms with van der Waals surface area (Å²) in [4.78, 5) is 0. The van der Waals surface area contributed by atoms with E-state index in [1.165, 1.54) is 37.7 Å². The second-order valence-electron chi connectivity index (χ2n) is 10.0. The maximum Gasteiger partial charge on any atom is 0.160 e. The number of phenols is 2. The minimum atomic E-state index is 0.0548. The molecule has 1 aromatic carbocycles. The Morgan fingerprint density at radius 1 is 1.00 bits per heavy atom. The zero-order valence-electron chi connectivity index (χ0n) is 15.9. The summed E-state index contributed by atoms with van der Waals surface area (Å²) in [7, 11) is 0. The van der Waals surface area contributed by atoms with Gasteiger partial charge in [0.1, 0.15) is 0 Å². The molecule has 0 saturated heterocycles. The van der Waals surface area contributed by atoms with Crippen molar-refractivity contribution in [3.63, 3.8) is 0 Å². The summed E-state index contributed by atoms with van der Waals surface area (Å²) in [5, 5.41) is 20.6. The van der Waals surface area contributed by atoms with Crippen LogP contribution in [0.4, 0.5) is 0 Å². The van der Waals surface area contributed by atoms with Crippen LogP contribution in [-0.4, -0.2) is 10.2 Å². The van der Waals surface area contributed by atoms with Crippen LogP contribution in [0.15, 0.2) is 6.07 Å². The summed E-state index contributed by atoms with van der Waals surface area (Å²) < 4.78 is 0. The van der Waals surface area contributed by atoms with Crippen molar-refractivity contribution in [1.29, 1.82) is 0 Å². The first kappa shape index (κ1) is 16.3. The fourth-order valence-corrected chi connectivity index (χ4v) is 7.46. The van der Waals surface area contributed by atoms with E-state index in [-0.39, 0.29) is 16.9 Å². The van der Waals surface area contributed by atoms with Crippen molar-refractivity contribution in [2.45, 2.75) is 78.6 Å². The molecule has 4 atom stereocenters. The van der Waals surface area contributed by atoms with Crippen LogP contribution in [0.5, 0.6) is 11.5 Å². The molecule has 0 heterocycles. The molecule has 4 rings (SSSR count). The zero-order valence-corrected chi connectivity index (χ0v) is 15.9. The van der Waals surface area contributed by atoms with Crippen molar-refractivity contribution >= 4 is 0 Å². The first-order valence-electron chi connectivity index (χ1n) is 9.66. The second kappa shape index (κ2) is 4.71. The van der Waals surface area contributed by atoms with Gasteiger partial charge in [-0.15, -0.1) is 0 Å². The third-order valence-corrected chi connectivity index (χ3v) is 8.35. The van der Waals surface area contributed by atoms with Crippen LogP contribution in [0.25, 0.3) is 0 Å². The minimum absolute atomic E-state index is 0.0548. The Hall–Kier alpha value is -1.18. The van der Waals surface area contributed by atoms with Crippen LogP contribution in [-0.2, 0) is 11.8 Å². The van der Waals surface area contributed by atoms with Gasteiger partial charge in [0.25, 0.3) is 0 Å². The van der Waals surface area contributed by atoms with Gasteiger partial charge in [-0.2, -0.15) is 0 Å². The molecule has 24 heavy (non-hydrogen) atoms. The van der Waals surface area contributed by atoms with Crippen LogP contribution >= 0.6 is 0 Å². The van der Waals surface area contributed by atoms with Gasteiger partial charge in [0.15, 0.2) is 11.5 Å². The predicted molar refractivity (Wildman–Crippen MR) is 97.5 cm³/mol. The number of benzene rings is 1. The molecule has 3 aliphatic rings. The molecule has 1 aromatic rings. The molecule has 3 aliphatic carbocycles. The van der Waals surface area contributed by atoms with Crippen molar-refractivity contribution in [3.05, 3.63) is 22.8 Å². The van der Waals surface area contributed by atoms with Crippen LogP contribution in [0, 0.1) is 29.6 Å². The number of aromatic hydroxyl groups is 2. The van der Waals surface area contributed by atoms with E-state index in [4.69, 9.17) is 0 Å². The van der Waals surface area contributed by atoms with Crippen LogP contribution in [0.2, 0.25) is 0 Å². The van der Waals surface area contributed by atoms with Crippen molar-refractivity contribution in [2.75, 3.05) is 0 Å². The highest BCUT2D eigenvalue weighted by Gasteiger charge is 2.61. The Kier molecular flexibility index (Phi) is 3.20. The molecule has 2 nitrogen and oxygen atoms in total. The molecule has 2 fully saturated rings. The number of hydrogen-bond acceptors (Lipinski definition) is 2. The van der Waals surface area contributed by atoms with Crippen LogP contribution in [0.1, 0.15) is 76.5 Å². The van der Waals surface area contributed by atoms with Gasteiger partial charge < -0.3 is 10.2 Å². The summed E-state index contributed by atoms with van der Waals surface area (Å²) in [6.45, 7) is 12.0. The summed E-state index contributed by atoms with van der Waals surface area (Å²) >= 11 is 0. The average molecular weight is 328 g/mol. The summed E-state index contributed by atoms with van der Waals surface area (Å²) in [5.41, 5.74) is 4.42. The van der Waals surface area contributed by atoms with Gasteiger partial charge in [-0.05, 0) is 84.3 Å². The van der Waals surface area contributed by atoms with Gasteiger partial charge in [-0.1, -0.05) is 34.1 Å². The number of phenolic OH excluding ortho intramolecular Hbond substituents is 2. The van der Waals surface area contributed by atoms with E-state index in [1.807, 2.05) is 0 Å². The van der Waals surface area contributed by atoms with E-state index >= 15 is 0 Å². The smallest absolute Gasteiger partial charge is 0.160 e. The molecule has 0 amide bonds. The minimum Gasteiger partial charge on any atom is -0.504 e. The highest BCUT2D eigenvalue weighted by Crippen LogP contribution is 2.68. The van der Waals surface area contributed by atoms with E-state index in [1.54, 1.807) is 6.07 Å². The molecule has 0 radical (unpaired) electrons. The van der Waals surface area contributed by atoms with Gasteiger partial charge >= 0.3 is 0 Å². The monoisotopic (exact) mass is 328 g/mol. The fraction of sp³-hybridized carbons (Fsp3) is 0.727. The molecular formula is C22H32O2. The lowest BCUT2D eigenvalue weighted by Crippen LogP contribution is -2.55.